The zero-order valence-electron chi connectivity index (χ0n) is 19.4. The maximum Gasteiger partial charge on any atom is 0.277 e. The van der Waals surface area contributed by atoms with Gasteiger partial charge in [0, 0.05) is 29.2 Å². The number of nitrogens with zero attached hydrogens (tertiary/aromatic N) is 3. The first-order valence-electron chi connectivity index (χ1n) is 11.7. The van der Waals surface area contributed by atoms with Crippen LogP contribution in [-0.2, 0) is 4.79 Å². The first-order valence-corrected chi connectivity index (χ1v) is 11.7. The zero-order chi connectivity index (χ0) is 23.4. The van der Waals surface area contributed by atoms with Gasteiger partial charge in [0.05, 0.1) is 0 Å². The number of fused-ring (bicyclic) bond motifs is 1. The minimum Gasteiger partial charge on any atom is -0.307 e. The summed E-state index contributed by atoms with van der Waals surface area (Å²) in [5.74, 6) is -0.357. The number of hydrogen-bond acceptors (Lipinski definition) is 3. The molecule has 5 heteroatoms. The van der Waals surface area contributed by atoms with Gasteiger partial charge in [0.25, 0.3) is 11.8 Å². The van der Waals surface area contributed by atoms with Crippen molar-refractivity contribution in [3.05, 3.63) is 96.0 Å². The number of hydrogen-bond donors (Lipinski definition) is 0. The van der Waals surface area contributed by atoms with Gasteiger partial charge in [-0.2, -0.15) is 0 Å². The van der Waals surface area contributed by atoms with Crippen molar-refractivity contribution < 1.29 is 9.59 Å². The van der Waals surface area contributed by atoms with Crippen molar-refractivity contribution in [3.8, 4) is 0 Å². The van der Waals surface area contributed by atoms with Crippen molar-refractivity contribution >= 4 is 17.5 Å². The van der Waals surface area contributed by atoms with Gasteiger partial charge >= 0.3 is 0 Å². The van der Waals surface area contributed by atoms with Crippen LogP contribution < -0.4 is 4.90 Å². The number of amides is 2. The molecule has 0 spiro atoms. The van der Waals surface area contributed by atoms with Crippen LogP contribution in [0.4, 0.5) is 5.69 Å². The fraction of sp³-hybridized carbons (Fsp3) is 0.321. The van der Waals surface area contributed by atoms with E-state index in [0.29, 0.717) is 11.4 Å². The third-order valence-corrected chi connectivity index (χ3v) is 6.27. The number of allylic oxidation sites excluding steroid dienone is 4. The van der Waals surface area contributed by atoms with E-state index in [2.05, 4.69) is 11.6 Å². The number of rotatable bonds is 6. The lowest BCUT2D eigenvalue weighted by atomic mass is 9.94. The number of aromatic nitrogens is 1. The summed E-state index contributed by atoms with van der Waals surface area (Å²) < 4.78 is 0. The Morgan fingerprint density at radius 1 is 1.12 bits per heavy atom. The molecule has 1 aliphatic heterocycles. The predicted octanol–water partition coefficient (Wildman–Crippen LogP) is 5.98. The highest BCUT2D eigenvalue weighted by Gasteiger charge is 2.46. The molecule has 2 amide bonds. The molecule has 2 heterocycles. The Morgan fingerprint density at radius 2 is 1.85 bits per heavy atom. The van der Waals surface area contributed by atoms with E-state index in [9.17, 15) is 9.59 Å². The Labute approximate surface area is 196 Å². The minimum atomic E-state index is -0.751. The van der Waals surface area contributed by atoms with Crippen LogP contribution in [0.3, 0.4) is 0 Å². The lowest BCUT2D eigenvalue weighted by Gasteiger charge is -2.33. The summed E-state index contributed by atoms with van der Waals surface area (Å²) in [5.41, 5.74) is 3.49. The Balaban J connectivity index is 1.86. The Morgan fingerprint density at radius 3 is 2.52 bits per heavy atom. The summed E-state index contributed by atoms with van der Waals surface area (Å²) in [6, 6.07) is 12.5. The summed E-state index contributed by atoms with van der Waals surface area (Å²) in [4.78, 5) is 35.8. The number of pyridine rings is 1. The van der Waals surface area contributed by atoms with E-state index >= 15 is 0 Å². The van der Waals surface area contributed by atoms with Crippen LogP contribution >= 0.6 is 0 Å². The average molecular weight is 442 g/mol. The molecule has 0 radical (unpaired) electrons. The molecule has 2 aliphatic rings. The Kier molecular flexibility index (Phi) is 6.87. The molecule has 1 atom stereocenters. The molecule has 1 fully saturated rings. The molecule has 0 saturated heterocycles. The lowest BCUT2D eigenvalue weighted by Crippen LogP contribution is -2.45. The molecule has 33 heavy (non-hydrogen) atoms. The molecule has 0 bridgehead atoms. The summed E-state index contributed by atoms with van der Waals surface area (Å²) in [6.07, 6.45) is 12.6. The van der Waals surface area contributed by atoms with E-state index in [4.69, 9.17) is 0 Å². The van der Waals surface area contributed by atoms with Gasteiger partial charge in [0.1, 0.15) is 11.7 Å². The maximum atomic E-state index is 14.1. The quantitative estimate of drug-likeness (QED) is 0.518. The molecule has 1 aromatic heterocycles. The van der Waals surface area contributed by atoms with Crippen molar-refractivity contribution in [1.29, 1.82) is 0 Å². The molecule has 170 valence electrons. The molecule has 4 rings (SSSR count). The topological polar surface area (TPSA) is 53.5 Å². The van der Waals surface area contributed by atoms with Crippen LogP contribution in [0.1, 0.15) is 68.0 Å². The van der Waals surface area contributed by atoms with Gasteiger partial charge in [-0.05, 0) is 57.0 Å². The van der Waals surface area contributed by atoms with Gasteiger partial charge in [-0.3, -0.25) is 19.5 Å². The lowest BCUT2D eigenvalue weighted by molar-refractivity contribution is -0.122. The van der Waals surface area contributed by atoms with E-state index in [1.54, 1.807) is 29.3 Å². The molecular formula is C28H31N3O2. The van der Waals surface area contributed by atoms with E-state index in [1.165, 1.54) is 6.42 Å². The normalized spacial score (nSPS) is 19.1. The SMILES string of the molecule is C=C(C)/C=C(\C=C/C)N(C(=O)c1ccccn1)C1C(=O)N(C2CCCCC2)c2ccccc21. The van der Waals surface area contributed by atoms with E-state index < -0.39 is 6.04 Å². The smallest absolute Gasteiger partial charge is 0.277 e. The van der Waals surface area contributed by atoms with Crippen LogP contribution in [0.25, 0.3) is 0 Å². The van der Waals surface area contributed by atoms with Crippen LogP contribution in [0.15, 0.2) is 84.7 Å². The van der Waals surface area contributed by atoms with E-state index in [-0.39, 0.29) is 17.9 Å². The second-order valence-corrected chi connectivity index (χ2v) is 8.77. The summed E-state index contributed by atoms with van der Waals surface area (Å²) in [5, 5.41) is 0. The Hall–Kier alpha value is -3.47. The molecule has 1 unspecified atom stereocenters. The van der Waals surface area contributed by atoms with Gasteiger partial charge in [-0.25, -0.2) is 0 Å². The molecule has 1 aliphatic carbocycles. The van der Waals surface area contributed by atoms with Crippen molar-refractivity contribution in [1.82, 2.24) is 9.88 Å². The number of carbonyl (C=O) groups is 2. The van der Waals surface area contributed by atoms with Crippen LogP contribution in [0, 0.1) is 0 Å². The monoisotopic (exact) mass is 441 g/mol. The number of carbonyl (C=O) groups excluding carboxylic acids is 2. The van der Waals surface area contributed by atoms with Crippen LogP contribution in [-0.4, -0.2) is 27.7 Å². The van der Waals surface area contributed by atoms with Gasteiger partial charge < -0.3 is 4.90 Å². The molecule has 0 N–H and O–H groups in total. The van der Waals surface area contributed by atoms with Crippen LogP contribution in [0.2, 0.25) is 0 Å². The molecule has 2 aromatic rings. The highest BCUT2D eigenvalue weighted by molar-refractivity contribution is 6.08. The Bertz CT molecular complexity index is 1100. The summed E-state index contributed by atoms with van der Waals surface area (Å²) in [6.45, 7) is 7.79. The van der Waals surface area contributed by atoms with Gasteiger partial charge in [-0.15, -0.1) is 0 Å². The first-order chi connectivity index (χ1) is 16.0. The molecule has 1 saturated carbocycles. The zero-order valence-corrected chi connectivity index (χ0v) is 19.4. The fourth-order valence-corrected chi connectivity index (χ4v) is 4.90. The molecule has 1 aromatic carbocycles. The van der Waals surface area contributed by atoms with E-state index in [0.717, 1.165) is 42.5 Å². The summed E-state index contributed by atoms with van der Waals surface area (Å²) >= 11 is 0. The van der Waals surface area contributed by atoms with Crippen molar-refractivity contribution in [3.63, 3.8) is 0 Å². The van der Waals surface area contributed by atoms with Crippen molar-refractivity contribution in [2.75, 3.05) is 4.90 Å². The number of benzene rings is 1. The van der Waals surface area contributed by atoms with Gasteiger partial charge in [-0.1, -0.05) is 61.8 Å². The second-order valence-electron chi connectivity index (χ2n) is 8.77. The maximum absolute atomic E-state index is 14.1. The average Bonchev–Trinajstić information content (AvgIpc) is 3.12. The van der Waals surface area contributed by atoms with E-state index in [1.807, 2.05) is 61.2 Å². The van der Waals surface area contributed by atoms with Crippen LogP contribution in [0.5, 0.6) is 0 Å². The standard InChI is InChI=1S/C28H31N3O2/c1-4-12-22(19-20(2)3)31(27(32)24-16-10-11-18-29-24)26-23-15-8-9-17-25(23)30(28(26)33)21-13-6-5-7-14-21/h4,8-12,15-19,21,26H,2,5-7,13-14H2,1,3H3/b12-4-,22-19+. The third-order valence-electron chi connectivity index (χ3n) is 6.27. The highest BCUT2D eigenvalue weighted by atomic mass is 16.2. The third kappa shape index (κ3) is 4.54. The number of anilines is 1. The van der Waals surface area contributed by atoms with Gasteiger partial charge in [0.2, 0.25) is 0 Å². The molecule has 5 nitrogen and oxygen atoms in total. The largest absolute Gasteiger partial charge is 0.307 e. The second kappa shape index (κ2) is 9.99. The highest BCUT2D eigenvalue weighted by Crippen LogP contribution is 2.44. The summed E-state index contributed by atoms with van der Waals surface area (Å²) in [7, 11) is 0. The van der Waals surface area contributed by atoms with Crippen molar-refractivity contribution in [2.24, 2.45) is 0 Å². The van der Waals surface area contributed by atoms with Crippen molar-refractivity contribution in [2.45, 2.75) is 58.0 Å². The minimum absolute atomic E-state index is 0.0514. The predicted molar refractivity (Wildman–Crippen MR) is 132 cm³/mol. The first kappa shape index (κ1) is 22.7. The number of para-hydroxylation sites is 1. The fourth-order valence-electron chi connectivity index (χ4n) is 4.90. The van der Waals surface area contributed by atoms with Gasteiger partial charge in [0.15, 0.2) is 0 Å². The molecular weight excluding hydrogens is 410 g/mol.